The summed E-state index contributed by atoms with van der Waals surface area (Å²) in [6, 6.07) is 0.536. The predicted molar refractivity (Wildman–Crippen MR) is 49.8 cm³/mol. The largest absolute Gasteiger partial charge is 0.305 e. The second kappa shape index (κ2) is 4.80. The van der Waals surface area contributed by atoms with E-state index in [0.717, 1.165) is 13.2 Å². The summed E-state index contributed by atoms with van der Waals surface area (Å²) in [5, 5.41) is 0. The number of likely N-dealkylation sites (tertiary alicyclic amines) is 1. The number of nitrogens with one attached hydrogen (secondary N) is 1. The maximum atomic E-state index is 5.35. The smallest absolute Gasteiger partial charge is 0.0705 e. The normalized spacial score (nSPS) is 25.5. The molecule has 0 aromatic carbocycles. The predicted octanol–water partition coefficient (Wildman–Crippen LogP) is 0.868. The zero-order valence-corrected chi connectivity index (χ0v) is 8.34. The molecule has 1 saturated heterocycles. The molecule has 1 fully saturated rings. The molecule has 0 spiro atoms. The Hall–Kier alpha value is -0.120. The summed E-state index contributed by atoms with van der Waals surface area (Å²) in [5.41, 5.74) is 3.10. The molecular weight excluding hydrogens is 152 g/mol. The number of hydroxylamine groups is 1. The molecule has 1 N–H and O–H groups in total. The first kappa shape index (κ1) is 9.96. The molecule has 1 heterocycles. The molecule has 1 aliphatic heterocycles. The van der Waals surface area contributed by atoms with Crippen LogP contribution in [0.5, 0.6) is 0 Å². The number of nitrogens with zero attached hydrogens (tertiary/aromatic N) is 1. The van der Waals surface area contributed by atoms with Crippen LogP contribution in [0.4, 0.5) is 0 Å². The van der Waals surface area contributed by atoms with Crippen molar-refractivity contribution in [3.8, 4) is 0 Å². The van der Waals surface area contributed by atoms with Crippen molar-refractivity contribution in [2.75, 3.05) is 26.7 Å². The zero-order chi connectivity index (χ0) is 8.97. The van der Waals surface area contributed by atoms with Crippen LogP contribution in [0.1, 0.15) is 20.3 Å². The SMILES string of the molecule is CC(C)CONC1CCN(C)C1. The molecule has 0 aromatic heterocycles. The highest BCUT2D eigenvalue weighted by atomic mass is 16.6. The number of hydrogen-bond donors (Lipinski definition) is 1. The molecule has 0 radical (unpaired) electrons. The molecule has 0 amide bonds. The quantitative estimate of drug-likeness (QED) is 0.637. The van der Waals surface area contributed by atoms with E-state index in [1.165, 1.54) is 13.0 Å². The molecule has 0 saturated carbocycles. The van der Waals surface area contributed by atoms with E-state index < -0.39 is 0 Å². The van der Waals surface area contributed by atoms with E-state index in [2.05, 4.69) is 31.3 Å². The Bertz CT molecular complexity index is 128. The van der Waals surface area contributed by atoms with E-state index >= 15 is 0 Å². The van der Waals surface area contributed by atoms with Gasteiger partial charge in [0.05, 0.1) is 6.61 Å². The third-order valence-electron chi connectivity index (χ3n) is 2.06. The fourth-order valence-corrected chi connectivity index (χ4v) is 1.36. The fourth-order valence-electron chi connectivity index (χ4n) is 1.36. The summed E-state index contributed by atoms with van der Waals surface area (Å²) in [4.78, 5) is 7.67. The minimum atomic E-state index is 0.536. The van der Waals surface area contributed by atoms with Crippen molar-refractivity contribution in [2.24, 2.45) is 5.92 Å². The van der Waals surface area contributed by atoms with Gasteiger partial charge in [-0.2, -0.15) is 5.48 Å². The first-order valence-corrected chi connectivity index (χ1v) is 4.74. The van der Waals surface area contributed by atoms with Gasteiger partial charge in [-0.15, -0.1) is 0 Å². The van der Waals surface area contributed by atoms with Crippen LogP contribution in [0.3, 0.4) is 0 Å². The molecule has 72 valence electrons. The summed E-state index contributed by atoms with van der Waals surface area (Å²) >= 11 is 0. The van der Waals surface area contributed by atoms with Gasteiger partial charge in [0.25, 0.3) is 0 Å². The van der Waals surface area contributed by atoms with Crippen LogP contribution >= 0.6 is 0 Å². The Morgan fingerprint density at radius 2 is 2.33 bits per heavy atom. The van der Waals surface area contributed by atoms with Crippen molar-refractivity contribution in [2.45, 2.75) is 26.3 Å². The van der Waals surface area contributed by atoms with Gasteiger partial charge in [0.1, 0.15) is 0 Å². The molecule has 3 nitrogen and oxygen atoms in total. The summed E-state index contributed by atoms with van der Waals surface area (Å²) in [5.74, 6) is 0.608. The van der Waals surface area contributed by atoms with Crippen molar-refractivity contribution >= 4 is 0 Å². The summed E-state index contributed by atoms with van der Waals surface area (Å²) in [6.45, 7) is 7.41. The highest BCUT2D eigenvalue weighted by Crippen LogP contribution is 2.05. The van der Waals surface area contributed by atoms with Gasteiger partial charge in [0, 0.05) is 12.6 Å². The lowest BCUT2D eigenvalue weighted by Gasteiger charge is -2.13. The molecule has 1 rings (SSSR count). The van der Waals surface area contributed by atoms with Gasteiger partial charge in [-0.3, -0.25) is 0 Å². The van der Waals surface area contributed by atoms with Gasteiger partial charge < -0.3 is 9.74 Å². The first-order valence-electron chi connectivity index (χ1n) is 4.74. The van der Waals surface area contributed by atoms with Crippen LogP contribution in [0, 0.1) is 5.92 Å². The number of likely N-dealkylation sites (N-methyl/N-ethyl adjacent to an activating group) is 1. The van der Waals surface area contributed by atoms with E-state index in [1.807, 2.05) is 0 Å². The lowest BCUT2D eigenvalue weighted by molar-refractivity contribution is 0.00335. The highest BCUT2D eigenvalue weighted by Gasteiger charge is 2.18. The third-order valence-corrected chi connectivity index (χ3v) is 2.06. The van der Waals surface area contributed by atoms with Gasteiger partial charge in [-0.05, 0) is 25.9 Å². The van der Waals surface area contributed by atoms with Crippen LogP contribution in [-0.4, -0.2) is 37.7 Å². The van der Waals surface area contributed by atoms with Crippen molar-refractivity contribution < 1.29 is 4.84 Å². The van der Waals surface area contributed by atoms with Crippen molar-refractivity contribution in [1.82, 2.24) is 10.4 Å². The highest BCUT2D eigenvalue weighted by molar-refractivity contribution is 4.75. The maximum Gasteiger partial charge on any atom is 0.0705 e. The summed E-state index contributed by atoms with van der Waals surface area (Å²) in [6.07, 6.45) is 1.20. The van der Waals surface area contributed by atoms with Gasteiger partial charge in [-0.25, -0.2) is 0 Å². The molecule has 1 atom stereocenters. The van der Waals surface area contributed by atoms with Gasteiger partial charge in [0.2, 0.25) is 0 Å². The van der Waals surface area contributed by atoms with Crippen LogP contribution in [0.2, 0.25) is 0 Å². The second-order valence-electron chi connectivity index (χ2n) is 4.07. The summed E-state index contributed by atoms with van der Waals surface area (Å²) < 4.78 is 0. The Labute approximate surface area is 75.0 Å². The number of rotatable bonds is 4. The molecule has 1 unspecified atom stereocenters. The maximum absolute atomic E-state index is 5.35. The molecule has 0 aliphatic carbocycles. The zero-order valence-electron chi connectivity index (χ0n) is 8.34. The number of hydrogen-bond acceptors (Lipinski definition) is 3. The molecule has 3 heteroatoms. The Kier molecular flexibility index (Phi) is 3.98. The monoisotopic (exact) mass is 172 g/mol. The van der Waals surface area contributed by atoms with Gasteiger partial charge >= 0.3 is 0 Å². The Morgan fingerprint density at radius 1 is 1.58 bits per heavy atom. The van der Waals surface area contributed by atoms with Gasteiger partial charge in [-0.1, -0.05) is 13.8 Å². The molecule has 0 bridgehead atoms. The van der Waals surface area contributed by atoms with Crippen LogP contribution in [0.25, 0.3) is 0 Å². The third kappa shape index (κ3) is 3.52. The van der Waals surface area contributed by atoms with E-state index in [9.17, 15) is 0 Å². The van der Waals surface area contributed by atoms with Gasteiger partial charge in [0.15, 0.2) is 0 Å². The topological polar surface area (TPSA) is 24.5 Å². The Morgan fingerprint density at radius 3 is 2.83 bits per heavy atom. The van der Waals surface area contributed by atoms with E-state index in [1.54, 1.807) is 0 Å². The first-order chi connectivity index (χ1) is 5.68. The lowest BCUT2D eigenvalue weighted by Crippen LogP contribution is -2.32. The second-order valence-corrected chi connectivity index (χ2v) is 4.07. The average molecular weight is 172 g/mol. The van der Waals surface area contributed by atoms with E-state index in [4.69, 9.17) is 4.84 Å². The molecule has 12 heavy (non-hydrogen) atoms. The Balaban J connectivity index is 2.00. The average Bonchev–Trinajstić information content (AvgIpc) is 2.35. The van der Waals surface area contributed by atoms with Crippen LogP contribution < -0.4 is 5.48 Å². The van der Waals surface area contributed by atoms with Crippen molar-refractivity contribution in [3.63, 3.8) is 0 Å². The van der Waals surface area contributed by atoms with E-state index in [0.29, 0.717) is 12.0 Å². The van der Waals surface area contributed by atoms with Crippen molar-refractivity contribution in [3.05, 3.63) is 0 Å². The minimum absolute atomic E-state index is 0.536. The fraction of sp³-hybridized carbons (Fsp3) is 1.00. The van der Waals surface area contributed by atoms with E-state index in [-0.39, 0.29) is 0 Å². The van der Waals surface area contributed by atoms with Crippen molar-refractivity contribution in [1.29, 1.82) is 0 Å². The standard InChI is InChI=1S/C9H20N2O/c1-8(2)7-12-10-9-4-5-11(3)6-9/h8-10H,4-7H2,1-3H3. The molecular formula is C9H20N2O. The summed E-state index contributed by atoms with van der Waals surface area (Å²) in [7, 11) is 2.14. The lowest BCUT2D eigenvalue weighted by atomic mass is 10.2. The molecule has 1 aliphatic rings. The van der Waals surface area contributed by atoms with Crippen LogP contribution in [-0.2, 0) is 4.84 Å². The molecule has 0 aromatic rings. The van der Waals surface area contributed by atoms with Crippen LogP contribution in [0.15, 0.2) is 0 Å². The minimum Gasteiger partial charge on any atom is -0.305 e.